The highest BCUT2D eigenvalue weighted by molar-refractivity contribution is 5.96. The van der Waals surface area contributed by atoms with Crippen LogP contribution in [0.5, 0.6) is 0 Å². The minimum absolute atomic E-state index is 0.00289. The van der Waals surface area contributed by atoms with Crippen LogP contribution in [0.4, 0.5) is 0 Å². The van der Waals surface area contributed by atoms with Gasteiger partial charge in [0.05, 0.1) is 35.6 Å². The number of aliphatic hydroxyl groups is 3. The number of aliphatic hydroxyl groups excluding tert-OH is 2. The summed E-state index contributed by atoms with van der Waals surface area (Å²) in [5.74, 6) is -6.84. The van der Waals surface area contributed by atoms with E-state index in [2.05, 4.69) is 5.32 Å². The van der Waals surface area contributed by atoms with Gasteiger partial charge >= 0.3 is 23.9 Å². The molecule has 0 radical (unpaired) electrons. The zero-order valence-electron chi connectivity index (χ0n) is 35.2. The standard InChI is InChI=1S/C47H51NO14/c1-25-31(60-43(56)36(52)35(28-16-10-7-11-17-28)48-41(54)29-18-12-8-13-19-29)23-47(57)40(61-42(55)30-20-14-9-15-21-30)38-45(6,32(51)22-33-46(38,24-58-33)62-27(3)50)39(53)37(59-26(2)49)34(25)44(47,4)5/h7-21,31-33,35-38,40,51-52,57H,22-24H2,1-6H3,(H,48,54)/t31-,32-,33+,35-,36-,37+,38-,40-,45-,46-,47-/m0/s1. The van der Waals surface area contributed by atoms with Crippen molar-refractivity contribution >= 4 is 35.6 Å². The molecule has 1 saturated heterocycles. The second kappa shape index (κ2) is 16.5. The van der Waals surface area contributed by atoms with Gasteiger partial charge in [-0.05, 0) is 54.8 Å². The molecule has 0 unspecified atom stereocenters. The van der Waals surface area contributed by atoms with Crippen molar-refractivity contribution in [3.8, 4) is 0 Å². The maximum absolute atomic E-state index is 15.5. The lowest BCUT2D eigenvalue weighted by atomic mass is 9.44. The summed E-state index contributed by atoms with van der Waals surface area (Å²) >= 11 is 0. The molecule has 2 saturated carbocycles. The first-order valence-electron chi connectivity index (χ1n) is 20.5. The molecule has 3 aliphatic carbocycles. The van der Waals surface area contributed by atoms with Crippen LogP contribution in [0.15, 0.2) is 102 Å². The van der Waals surface area contributed by atoms with Crippen LogP contribution in [0.1, 0.15) is 86.7 Å². The molecule has 0 aromatic heterocycles. The van der Waals surface area contributed by atoms with Crippen LogP contribution < -0.4 is 5.32 Å². The number of carbonyl (C=O) groups is 6. The first kappa shape index (κ1) is 44.3. The molecule has 11 atom stereocenters. The number of benzene rings is 3. The Bertz CT molecular complexity index is 2280. The van der Waals surface area contributed by atoms with E-state index in [9.17, 15) is 39.3 Å². The first-order chi connectivity index (χ1) is 29.3. The molecule has 0 spiro atoms. The van der Waals surface area contributed by atoms with E-state index in [-0.39, 0.29) is 35.3 Å². The molecule has 2 bridgehead atoms. The van der Waals surface area contributed by atoms with E-state index >= 15 is 4.79 Å². The van der Waals surface area contributed by atoms with Gasteiger partial charge in [0.2, 0.25) is 0 Å². The average molecular weight is 854 g/mol. The maximum atomic E-state index is 15.5. The fraction of sp³-hybridized carbons (Fsp3) is 0.447. The Morgan fingerprint density at radius 3 is 1.95 bits per heavy atom. The van der Waals surface area contributed by atoms with Crippen LogP contribution in [0, 0.1) is 16.7 Å². The molecule has 328 valence electrons. The Morgan fingerprint density at radius 2 is 1.40 bits per heavy atom. The molecule has 62 heavy (non-hydrogen) atoms. The van der Waals surface area contributed by atoms with E-state index in [1.165, 1.54) is 26.0 Å². The number of carbonyl (C=O) groups excluding carboxylic acids is 6. The topological polar surface area (TPSA) is 221 Å². The summed E-state index contributed by atoms with van der Waals surface area (Å²) in [5, 5.41) is 40.2. The minimum atomic E-state index is -2.39. The van der Waals surface area contributed by atoms with Gasteiger partial charge in [-0.2, -0.15) is 0 Å². The van der Waals surface area contributed by atoms with Crippen LogP contribution in [0.25, 0.3) is 0 Å². The molecule has 4 N–H and O–H groups in total. The van der Waals surface area contributed by atoms with Gasteiger partial charge in [-0.15, -0.1) is 0 Å². The Hall–Kier alpha value is -5.74. The maximum Gasteiger partial charge on any atom is 0.338 e. The predicted molar refractivity (Wildman–Crippen MR) is 218 cm³/mol. The number of esters is 4. The molecule has 1 aliphatic heterocycles. The van der Waals surface area contributed by atoms with Gasteiger partial charge in [0.15, 0.2) is 23.6 Å². The summed E-state index contributed by atoms with van der Waals surface area (Å²) in [7, 11) is 0. The molecule has 4 aliphatic rings. The lowest BCUT2D eigenvalue weighted by Gasteiger charge is -2.67. The van der Waals surface area contributed by atoms with Gasteiger partial charge in [-0.25, -0.2) is 9.59 Å². The number of ether oxygens (including phenoxy) is 5. The van der Waals surface area contributed by atoms with Gasteiger partial charge in [0.1, 0.15) is 23.9 Å². The van der Waals surface area contributed by atoms with E-state index in [1.807, 2.05) is 0 Å². The normalized spacial score (nSPS) is 31.9. The van der Waals surface area contributed by atoms with E-state index in [4.69, 9.17) is 23.7 Å². The first-order valence-corrected chi connectivity index (χ1v) is 20.5. The molecule has 3 fully saturated rings. The quantitative estimate of drug-likeness (QED) is 0.130. The molecule has 1 heterocycles. The van der Waals surface area contributed by atoms with Crippen molar-refractivity contribution in [2.75, 3.05) is 6.61 Å². The molecular weight excluding hydrogens is 803 g/mol. The summed E-state index contributed by atoms with van der Waals surface area (Å²) in [6.07, 6.45) is -10.5. The van der Waals surface area contributed by atoms with E-state index in [0.717, 1.165) is 13.8 Å². The highest BCUT2D eigenvalue weighted by atomic mass is 16.6. The number of fused-ring (bicyclic) bond motifs is 5. The minimum Gasteiger partial charge on any atom is -0.456 e. The third kappa shape index (κ3) is 7.29. The molecular formula is C47H51NO14. The smallest absolute Gasteiger partial charge is 0.338 e. The number of hydrogen-bond acceptors (Lipinski definition) is 14. The SMILES string of the molecule is CC(=O)O[C@H]1C(=O)[C@]2(C)[C@H]([C@H](OC(=O)c3ccccc3)[C@@]3(O)C[C@H](OC(=O)[C@@H](O)[C@@H](NC(=O)c4ccccc4)c4ccccc4)C(C)=C1C3(C)C)[C@]1(OC(C)=O)CO[C@@H]1C[C@@H]2O. The van der Waals surface area contributed by atoms with E-state index < -0.39 is 113 Å². The summed E-state index contributed by atoms with van der Waals surface area (Å²) in [4.78, 5) is 83.5. The third-order valence-electron chi connectivity index (χ3n) is 13.5. The number of amides is 1. The van der Waals surface area contributed by atoms with E-state index in [0.29, 0.717) is 5.56 Å². The number of nitrogens with one attached hydrogen (secondary N) is 1. The Kier molecular flexibility index (Phi) is 11.8. The van der Waals surface area contributed by atoms with E-state index in [1.54, 1.807) is 92.7 Å². The summed E-state index contributed by atoms with van der Waals surface area (Å²) in [6.45, 7) is 7.97. The molecule has 15 heteroatoms. The molecule has 1 amide bonds. The van der Waals surface area contributed by atoms with Crippen molar-refractivity contribution in [2.24, 2.45) is 16.7 Å². The monoisotopic (exact) mass is 853 g/mol. The Balaban J connectivity index is 1.39. The number of ketones is 1. The second-order valence-corrected chi connectivity index (χ2v) is 17.4. The van der Waals surface area contributed by atoms with Crippen molar-refractivity contribution in [3.05, 3.63) is 119 Å². The second-order valence-electron chi connectivity index (χ2n) is 17.4. The highest BCUT2D eigenvalue weighted by Crippen LogP contribution is 2.64. The van der Waals surface area contributed by atoms with Crippen LogP contribution >= 0.6 is 0 Å². The fourth-order valence-electron chi connectivity index (χ4n) is 10.2. The summed E-state index contributed by atoms with van der Waals surface area (Å²) in [6, 6.07) is 22.9. The lowest BCUT2D eigenvalue weighted by Crippen LogP contribution is -2.82. The van der Waals surface area contributed by atoms with Gasteiger partial charge in [-0.1, -0.05) is 80.6 Å². The molecule has 3 aromatic rings. The van der Waals surface area contributed by atoms with Crippen molar-refractivity contribution in [1.29, 1.82) is 0 Å². The van der Waals surface area contributed by atoms with Gasteiger partial charge in [0.25, 0.3) is 5.91 Å². The zero-order valence-corrected chi connectivity index (χ0v) is 35.2. The molecule has 15 nitrogen and oxygen atoms in total. The number of rotatable bonds is 10. The van der Waals surface area contributed by atoms with Gasteiger partial charge in [0, 0.05) is 37.7 Å². The third-order valence-corrected chi connectivity index (χ3v) is 13.5. The number of Topliss-reactive ketones (excluding diaryl/α,β-unsaturated/α-hetero) is 1. The summed E-state index contributed by atoms with van der Waals surface area (Å²) in [5.41, 5.74) is -7.02. The molecule has 3 aromatic carbocycles. The predicted octanol–water partition coefficient (Wildman–Crippen LogP) is 3.74. The van der Waals surface area contributed by atoms with Crippen molar-refractivity contribution in [1.82, 2.24) is 5.32 Å². The zero-order chi connectivity index (χ0) is 44.9. The summed E-state index contributed by atoms with van der Waals surface area (Å²) < 4.78 is 30.3. The van der Waals surface area contributed by atoms with Crippen molar-refractivity contribution < 1.29 is 67.8 Å². The number of hydrogen-bond donors (Lipinski definition) is 4. The van der Waals surface area contributed by atoms with Crippen LogP contribution in [0.2, 0.25) is 0 Å². The average Bonchev–Trinajstić information content (AvgIpc) is 3.24. The molecule has 7 rings (SSSR count). The van der Waals surface area contributed by atoms with Crippen LogP contribution in [0.3, 0.4) is 0 Å². The largest absolute Gasteiger partial charge is 0.456 e. The van der Waals surface area contributed by atoms with Crippen molar-refractivity contribution in [2.45, 2.75) is 108 Å². The lowest BCUT2D eigenvalue weighted by molar-refractivity contribution is -0.346. The Labute approximate surface area is 358 Å². The van der Waals surface area contributed by atoms with Gasteiger partial charge < -0.3 is 44.3 Å². The highest BCUT2D eigenvalue weighted by Gasteiger charge is 2.78. The Morgan fingerprint density at radius 1 is 0.823 bits per heavy atom. The van der Waals surface area contributed by atoms with Crippen LogP contribution in [-0.4, -0.2) is 105 Å². The fourth-order valence-corrected chi connectivity index (χ4v) is 10.2. The van der Waals surface area contributed by atoms with Crippen LogP contribution in [-0.2, 0) is 42.9 Å². The van der Waals surface area contributed by atoms with Gasteiger partial charge in [-0.3, -0.25) is 19.2 Å². The van der Waals surface area contributed by atoms with Crippen molar-refractivity contribution in [3.63, 3.8) is 0 Å².